The molecule has 4 aliphatic rings. The molecule has 10 heteroatoms. The smallest absolute Gasteiger partial charge is 0.322 e. The van der Waals surface area contributed by atoms with Crippen LogP contribution in [0.2, 0.25) is 0 Å². The highest BCUT2D eigenvalue weighted by atomic mass is 16.5. The lowest BCUT2D eigenvalue weighted by Crippen LogP contribution is -2.51. The summed E-state index contributed by atoms with van der Waals surface area (Å²) in [6.07, 6.45) is 4.11. The van der Waals surface area contributed by atoms with Crippen molar-refractivity contribution in [3.05, 3.63) is 85.0 Å². The van der Waals surface area contributed by atoms with Gasteiger partial charge >= 0.3 is 11.9 Å². The van der Waals surface area contributed by atoms with E-state index in [1.54, 1.807) is 12.2 Å². The van der Waals surface area contributed by atoms with Crippen molar-refractivity contribution in [1.29, 1.82) is 0 Å². The number of fused-ring (bicyclic) bond motifs is 6. The quantitative estimate of drug-likeness (QED) is 0.247. The summed E-state index contributed by atoms with van der Waals surface area (Å²) in [6, 6.07) is 14.2. The van der Waals surface area contributed by atoms with Crippen LogP contribution in [-0.4, -0.2) is 50.1 Å². The summed E-state index contributed by atoms with van der Waals surface area (Å²) >= 11 is 0. The molecular formula is C32H36N4O6. The van der Waals surface area contributed by atoms with Crippen LogP contribution in [0.1, 0.15) is 35.8 Å². The van der Waals surface area contributed by atoms with Gasteiger partial charge in [-0.2, -0.15) is 0 Å². The van der Waals surface area contributed by atoms with Crippen LogP contribution in [-0.2, 0) is 28.7 Å². The molecule has 6 rings (SSSR count). The maximum absolute atomic E-state index is 12.7. The summed E-state index contributed by atoms with van der Waals surface area (Å²) < 4.78 is 9.86. The van der Waals surface area contributed by atoms with E-state index in [4.69, 9.17) is 20.9 Å². The van der Waals surface area contributed by atoms with Crippen LogP contribution in [0.25, 0.3) is 0 Å². The largest absolute Gasteiger partial charge is 0.468 e. The summed E-state index contributed by atoms with van der Waals surface area (Å²) in [5.41, 5.74) is 13.4. The number of rotatable bonds is 4. The number of benzene rings is 2. The minimum absolute atomic E-state index is 0.106. The van der Waals surface area contributed by atoms with Gasteiger partial charge in [0.25, 0.3) is 0 Å². The first-order valence-corrected chi connectivity index (χ1v) is 13.9. The van der Waals surface area contributed by atoms with Gasteiger partial charge in [0.05, 0.1) is 14.2 Å². The molecule has 2 amide bonds. The maximum Gasteiger partial charge on any atom is 0.322 e. The number of carbonyl (C=O) groups is 4. The van der Waals surface area contributed by atoms with Crippen molar-refractivity contribution in [3.63, 3.8) is 0 Å². The number of carbonyl (C=O) groups excluding carboxylic acids is 4. The molecule has 2 aromatic rings. The fourth-order valence-corrected chi connectivity index (χ4v) is 7.52. The molecule has 0 saturated heterocycles. The highest BCUT2D eigenvalue weighted by Crippen LogP contribution is 2.58. The van der Waals surface area contributed by atoms with E-state index in [0.29, 0.717) is 24.2 Å². The number of para-hydroxylation sites is 2. The third-order valence-electron chi connectivity index (χ3n) is 9.54. The third kappa shape index (κ3) is 4.00. The molecule has 2 fully saturated rings. The number of amides is 2. The fourth-order valence-electron chi connectivity index (χ4n) is 7.52. The number of hydrogen-bond acceptors (Lipinski definition) is 8. The lowest BCUT2D eigenvalue weighted by atomic mass is 9.70. The number of esters is 2. The second kappa shape index (κ2) is 10.8. The van der Waals surface area contributed by atoms with E-state index < -0.39 is 34.6 Å². The van der Waals surface area contributed by atoms with Gasteiger partial charge in [0, 0.05) is 35.3 Å². The van der Waals surface area contributed by atoms with Crippen molar-refractivity contribution < 1.29 is 28.7 Å². The van der Waals surface area contributed by atoms with Gasteiger partial charge in [0.1, 0.15) is 0 Å². The number of nitrogens with two attached hydrogens (primary N) is 2. The highest BCUT2D eigenvalue weighted by molar-refractivity contribution is 6.13. The predicted octanol–water partition coefficient (Wildman–Crippen LogP) is 2.83. The average Bonchev–Trinajstić information content (AvgIpc) is 3.50. The highest BCUT2D eigenvalue weighted by Gasteiger charge is 2.65. The van der Waals surface area contributed by atoms with Crippen molar-refractivity contribution >= 4 is 35.1 Å². The molecule has 220 valence electrons. The minimum Gasteiger partial charge on any atom is -0.468 e. The van der Waals surface area contributed by atoms with Gasteiger partial charge in [-0.3, -0.25) is 19.2 Å². The molecule has 8 atom stereocenters. The Bertz CT molecular complexity index is 1360. The van der Waals surface area contributed by atoms with E-state index in [1.165, 1.54) is 14.2 Å². The molecule has 0 radical (unpaired) electrons. The molecule has 0 unspecified atom stereocenters. The zero-order valence-electron chi connectivity index (χ0n) is 23.7. The van der Waals surface area contributed by atoms with E-state index in [2.05, 4.69) is 23.8 Å². The van der Waals surface area contributed by atoms with Gasteiger partial charge in [-0.05, 0) is 47.9 Å². The molecule has 2 aliphatic heterocycles. The zero-order chi connectivity index (χ0) is 30.4. The van der Waals surface area contributed by atoms with Gasteiger partial charge in [0.2, 0.25) is 11.8 Å². The van der Waals surface area contributed by atoms with E-state index in [9.17, 15) is 19.2 Å². The Hall–Kier alpha value is -4.28. The van der Waals surface area contributed by atoms with Crippen LogP contribution < -0.4 is 22.1 Å². The van der Waals surface area contributed by atoms with E-state index in [-0.39, 0.29) is 35.7 Å². The van der Waals surface area contributed by atoms with Crippen LogP contribution in [0.5, 0.6) is 0 Å². The zero-order valence-corrected chi connectivity index (χ0v) is 23.7. The summed E-state index contributed by atoms with van der Waals surface area (Å²) in [5, 5.41) is 5.65. The number of methoxy groups -OCH3 is 2. The molecule has 2 heterocycles. The van der Waals surface area contributed by atoms with Crippen LogP contribution in [0.4, 0.5) is 11.4 Å². The number of hydrogen-bond donors (Lipinski definition) is 4. The minimum atomic E-state index is -1.26. The Morgan fingerprint density at radius 1 is 0.762 bits per heavy atom. The molecule has 6 N–H and O–H groups in total. The first-order valence-electron chi connectivity index (χ1n) is 13.9. The van der Waals surface area contributed by atoms with Gasteiger partial charge in [-0.25, -0.2) is 0 Å². The molecule has 0 aromatic heterocycles. The molecular weight excluding hydrogens is 536 g/mol. The van der Waals surface area contributed by atoms with Crippen LogP contribution in [0.3, 0.4) is 0 Å². The molecule has 42 heavy (non-hydrogen) atoms. The topological polar surface area (TPSA) is 163 Å². The van der Waals surface area contributed by atoms with E-state index in [1.807, 2.05) is 48.5 Å². The van der Waals surface area contributed by atoms with E-state index >= 15 is 0 Å². The average molecular weight is 573 g/mol. The van der Waals surface area contributed by atoms with Crippen LogP contribution in [0.15, 0.2) is 73.8 Å². The third-order valence-corrected chi connectivity index (χ3v) is 9.54. The lowest BCUT2D eigenvalue weighted by Gasteiger charge is -2.38. The predicted molar refractivity (Wildman–Crippen MR) is 157 cm³/mol. The summed E-state index contributed by atoms with van der Waals surface area (Å²) in [4.78, 5) is 50.2. The van der Waals surface area contributed by atoms with Gasteiger partial charge in [-0.1, -0.05) is 48.6 Å². The second-order valence-electron chi connectivity index (χ2n) is 11.3. The number of ether oxygens (including phenoxy) is 2. The molecule has 2 aliphatic carbocycles. The van der Waals surface area contributed by atoms with Crippen LogP contribution >= 0.6 is 0 Å². The van der Waals surface area contributed by atoms with Crippen molar-refractivity contribution in [1.82, 2.24) is 0 Å². The summed E-state index contributed by atoms with van der Waals surface area (Å²) in [6.45, 7) is 7.57. The maximum atomic E-state index is 12.7. The monoisotopic (exact) mass is 572 g/mol. The van der Waals surface area contributed by atoms with Gasteiger partial charge in [0.15, 0.2) is 10.8 Å². The SMILES string of the molecule is C=C[C@@H]1C[C@]2(C(=O)OC)C(=O)Nc3ccccc3[C@@H]2[C@H]1N.C=C[C@H]1C[C@@]2(C(=O)OC)C(=O)Nc3ccccc3[C@H]2[C@@H]1N. The number of nitrogens with one attached hydrogen (secondary N) is 2. The van der Waals surface area contributed by atoms with E-state index in [0.717, 1.165) is 11.1 Å². The lowest BCUT2D eigenvalue weighted by molar-refractivity contribution is -0.159. The molecule has 0 bridgehead atoms. The van der Waals surface area contributed by atoms with Crippen molar-refractivity contribution in [2.75, 3.05) is 24.9 Å². The standard InChI is InChI=1S/2C16H18N2O3/c2*1-3-9-8-16(15(20)21-2)12(13(9)17)10-6-4-5-7-11(10)18-14(16)19/h2*3-7,9,12-13H,1,8,17H2,2H3,(H,18,19)/t2*9-,12-,13+,16-/m10/s1. The Kier molecular flexibility index (Phi) is 7.55. The first-order chi connectivity index (χ1) is 20.1. The Balaban J connectivity index is 0.000000168. The Morgan fingerprint density at radius 2 is 1.12 bits per heavy atom. The second-order valence-corrected chi connectivity index (χ2v) is 11.3. The Morgan fingerprint density at radius 3 is 1.45 bits per heavy atom. The fraction of sp³-hybridized carbons (Fsp3) is 0.375. The number of anilines is 2. The summed E-state index contributed by atoms with van der Waals surface area (Å²) in [7, 11) is 2.60. The van der Waals surface area contributed by atoms with Gasteiger partial charge < -0.3 is 31.6 Å². The molecule has 0 spiro atoms. The van der Waals surface area contributed by atoms with Crippen molar-refractivity contribution in [2.45, 2.75) is 36.8 Å². The van der Waals surface area contributed by atoms with Crippen molar-refractivity contribution in [2.24, 2.45) is 34.1 Å². The molecule has 2 aromatic carbocycles. The van der Waals surface area contributed by atoms with Gasteiger partial charge in [-0.15, -0.1) is 13.2 Å². The van der Waals surface area contributed by atoms with Crippen LogP contribution in [0, 0.1) is 22.7 Å². The first kappa shape index (κ1) is 29.2. The normalized spacial score (nSPS) is 33.6. The molecule has 2 saturated carbocycles. The van der Waals surface area contributed by atoms with Crippen molar-refractivity contribution in [3.8, 4) is 0 Å². The molecule has 10 nitrogen and oxygen atoms in total. The Labute approximate surface area is 244 Å². The summed E-state index contributed by atoms with van der Waals surface area (Å²) in [5.74, 6) is -2.72.